The standard InChI is InChI=1S/C12H20N2O2/c1-11(2,5-4-10(15)13-3)14-6-12(7-14)8-16-9-12/h4-5H,6-9H2,1-3H3,(H,13,15). The number of rotatable bonds is 3. The maximum absolute atomic E-state index is 11.1. The third-order valence-electron chi connectivity index (χ3n) is 3.57. The van der Waals surface area contributed by atoms with Crippen LogP contribution in [-0.4, -0.2) is 49.7 Å². The molecule has 2 heterocycles. The van der Waals surface area contributed by atoms with Crippen LogP contribution in [0.25, 0.3) is 0 Å². The van der Waals surface area contributed by atoms with E-state index in [4.69, 9.17) is 4.74 Å². The van der Waals surface area contributed by atoms with Crippen LogP contribution < -0.4 is 5.32 Å². The first-order chi connectivity index (χ1) is 7.47. The number of likely N-dealkylation sites (tertiary alicyclic amines) is 1. The van der Waals surface area contributed by atoms with E-state index in [-0.39, 0.29) is 11.4 Å². The Morgan fingerprint density at radius 2 is 2.06 bits per heavy atom. The van der Waals surface area contributed by atoms with Gasteiger partial charge < -0.3 is 10.1 Å². The molecule has 0 radical (unpaired) electrons. The highest BCUT2D eigenvalue weighted by Crippen LogP contribution is 2.41. The molecule has 4 heteroatoms. The lowest BCUT2D eigenvalue weighted by atomic mass is 9.75. The molecule has 2 rings (SSSR count). The molecule has 0 aromatic rings. The van der Waals surface area contributed by atoms with E-state index in [0.717, 1.165) is 26.3 Å². The smallest absolute Gasteiger partial charge is 0.243 e. The number of nitrogens with zero attached hydrogens (tertiary/aromatic N) is 1. The summed E-state index contributed by atoms with van der Waals surface area (Å²) in [6.07, 6.45) is 3.58. The van der Waals surface area contributed by atoms with Gasteiger partial charge in [-0.3, -0.25) is 9.69 Å². The molecule has 2 fully saturated rings. The van der Waals surface area contributed by atoms with Gasteiger partial charge in [0, 0.05) is 37.2 Å². The molecule has 0 aromatic carbocycles. The average molecular weight is 224 g/mol. The zero-order chi connectivity index (χ0) is 11.8. The monoisotopic (exact) mass is 224 g/mol. The van der Waals surface area contributed by atoms with Gasteiger partial charge in [0.25, 0.3) is 0 Å². The molecule has 1 amide bonds. The van der Waals surface area contributed by atoms with Gasteiger partial charge >= 0.3 is 0 Å². The highest BCUT2D eigenvalue weighted by Gasteiger charge is 2.52. The summed E-state index contributed by atoms with van der Waals surface area (Å²) < 4.78 is 5.25. The molecule has 1 spiro atoms. The molecule has 4 nitrogen and oxygen atoms in total. The Hall–Kier alpha value is -0.870. The Kier molecular flexibility index (Phi) is 2.80. The zero-order valence-corrected chi connectivity index (χ0v) is 10.2. The second kappa shape index (κ2) is 3.86. The Balaban J connectivity index is 1.88. The minimum absolute atomic E-state index is 0.0460. The fraction of sp³-hybridized carbons (Fsp3) is 0.750. The maximum atomic E-state index is 11.1. The molecular weight excluding hydrogens is 204 g/mol. The van der Waals surface area contributed by atoms with Gasteiger partial charge in [0.05, 0.1) is 13.2 Å². The second-order valence-corrected chi connectivity index (χ2v) is 5.45. The van der Waals surface area contributed by atoms with Crippen molar-refractivity contribution in [2.75, 3.05) is 33.4 Å². The lowest BCUT2D eigenvalue weighted by Gasteiger charge is -2.59. The summed E-state index contributed by atoms with van der Waals surface area (Å²) in [5.74, 6) is -0.0460. The van der Waals surface area contributed by atoms with Crippen molar-refractivity contribution in [1.29, 1.82) is 0 Å². The van der Waals surface area contributed by atoms with Crippen molar-refractivity contribution in [3.8, 4) is 0 Å². The van der Waals surface area contributed by atoms with Crippen molar-refractivity contribution >= 4 is 5.91 Å². The summed E-state index contributed by atoms with van der Waals surface area (Å²) >= 11 is 0. The van der Waals surface area contributed by atoms with Crippen LogP contribution in [0, 0.1) is 5.41 Å². The predicted molar refractivity (Wildman–Crippen MR) is 62.1 cm³/mol. The Labute approximate surface area is 96.6 Å². The summed E-state index contributed by atoms with van der Waals surface area (Å²) in [5, 5.41) is 2.59. The van der Waals surface area contributed by atoms with Gasteiger partial charge in [-0.2, -0.15) is 0 Å². The number of nitrogens with one attached hydrogen (secondary N) is 1. The number of hydrogen-bond acceptors (Lipinski definition) is 3. The van der Waals surface area contributed by atoms with E-state index < -0.39 is 0 Å². The topological polar surface area (TPSA) is 41.6 Å². The third kappa shape index (κ3) is 1.99. The summed E-state index contributed by atoms with van der Waals surface area (Å²) in [6, 6.07) is 0. The molecule has 2 aliphatic rings. The largest absolute Gasteiger partial charge is 0.380 e. The lowest BCUT2D eigenvalue weighted by Crippen LogP contribution is -2.70. The van der Waals surface area contributed by atoms with Gasteiger partial charge in [0.15, 0.2) is 0 Å². The first-order valence-corrected chi connectivity index (χ1v) is 5.71. The molecule has 2 aliphatic heterocycles. The van der Waals surface area contributed by atoms with Crippen LogP contribution in [0.4, 0.5) is 0 Å². The van der Waals surface area contributed by atoms with Gasteiger partial charge in [0.2, 0.25) is 5.91 Å². The quantitative estimate of drug-likeness (QED) is 0.706. The molecule has 90 valence electrons. The second-order valence-electron chi connectivity index (χ2n) is 5.45. The number of ether oxygens (including phenoxy) is 1. The minimum Gasteiger partial charge on any atom is -0.380 e. The number of carbonyl (C=O) groups is 1. The highest BCUT2D eigenvalue weighted by molar-refractivity contribution is 5.87. The highest BCUT2D eigenvalue weighted by atomic mass is 16.5. The van der Waals surface area contributed by atoms with Crippen molar-refractivity contribution < 1.29 is 9.53 Å². The molecule has 0 unspecified atom stereocenters. The van der Waals surface area contributed by atoms with Crippen LogP contribution in [0.3, 0.4) is 0 Å². The van der Waals surface area contributed by atoms with Crippen molar-refractivity contribution in [3.05, 3.63) is 12.2 Å². The summed E-state index contributed by atoms with van der Waals surface area (Å²) in [7, 11) is 1.64. The summed E-state index contributed by atoms with van der Waals surface area (Å²) in [5.41, 5.74) is 0.380. The Bertz CT molecular complexity index is 311. The van der Waals surface area contributed by atoms with Gasteiger partial charge in [-0.15, -0.1) is 0 Å². The van der Waals surface area contributed by atoms with E-state index in [1.807, 2.05) is 6.08 Å². The first kappa shape index (κ1) is 11.6. The first-order valence-electron chi connectivity index (χ1n) is 5.71. The summed E-state index contributed by atoms with van der Waals surface area (Å²) in [4.78, 5) is 13.5. The van der Waals surface area contributed by atoms with E-state index in [1.165, 1.54) is 0 Å². The van der Waals surface area contributed by atoms with E-state index in [9.17, 15) is 4.79 Å². The molecule has 2 saturated heterocycles. The van der Waals surface area contributed by atoms with E-state index in [2.05, 4.69) is 24.1 Å². The molecule has 1 N–H and O–H groups in total. The number of carbonyl (C=O) groups excluding carboxylic acids is 1. The van der Waals surface area contributed by atoms with Crippen LogP contribution >= 0.6 is 0 Å². The van der Waals surface area contributed by atoms with Crippen molar-refractivity contribution in [2.45, 2.75) is 19.4 Å². The molecular formula is C12H20N2O2. The van der Waals surface area contributed by atoms with E-state index >= 15 is 0 Å². The summed E-state index contributed by atoms with van der Waals surface area (Å²) in [6.45, 7) is 8.24. The van der Waals surface area contributed by atoms with E-state index in [1.54, 1.807) is 13.1 Å². The van der Waals surface area contributed by atoms with Gasteiger partial charge in [0.1, 0.15) is 0 Å². The fourth-order valence-electron chi connectivity index (χ4n) is 2.21. The molecule has 0 aromatic heterocycles. The third-order valence-corrected chi connectivity index (χ3v) is 3.57. The van der Waals surface area contributed by atoms with Gasteiger partial charge in [-0.1, -0.05) is 6.08 Å². The average Bonchev–Trinajstić information content (AvgIpc) is 2.09. The van der Waals surface area contributed by atoms with Crippen LogP contribution in [0.2, 0.25) is 0 Å². The number of likely N-dealkylation sites (N-methyl/N-ethyl adjacent to an activating group) is 1. The van der Waals surface area contributed by atoms with E-state index in [0.29, 0.717) is 5.41 Å². The Morgan fingerprint density at radius 1 is 1.44 bits per heavy atom. The van der Waals surface area contributed by atoms with Crippen LogP contribution in [0.1, 0.15) is 13.8 Å². The molecule has 0 atom stereocenters. The molecule has 0 saturated carbocycles. The van der Waals surface area contributed by atoms with Crippen molar-refractivity contribution in [1.82, 2.24) is 10.2 Å². The van der Waals surface area contributed by atoms with Gasteiger partial charge in [-0.05, 0) is 13.8 Å². The predicted octanol–water partition coefficient (Wildman–Crippen LogP) is 0.399. The lowest BCUT2D eigenvalue weighted by molar-refractivity contribution is -0.203. The Morgan fingerprint density at radius 3 is 2.50 bits per heavy atom. The maximum Gasteiger partial charge on any atom is 0.243 e. The molecule has 0 aliphatic carbocycles. The minimum atomic E-state index is -0.0483. The van der Waals surface area contributed by atoms with Crippen molar-refractivity contribution in [3.63, 3.8) is 0 Å². The zero-order valence-electron chi connectivity index (χ0n) is 10.2. The van der Waals surface area contributed by atoms with Crippen LogP contribution in [0.15, 0.2) is 12.2 Å². The fourth-order valence-corrected chi connectivity index (χ4v) is 2.21. The van der Waals surface area contributed by atoms with Crippen molar-refractivity contribution in [2.24, 2.45) is 5.41 Å². The molecule has 0 bridgehead atoms. The number of amides is 1. The van der Waals surface area contributed by atoms with Crippen LogP contribution in [-0.2, 0) is 9.53 Å². The molecule has 16 heavy (non-hydrogen) atoms. The normalized spacial score (nSPS) is 24.2. The van der Waals surface area contributed by atoms with Gasteiger partial charge in [-0.25, -0.2) is 0 Å². The SMILES string of the molecule is CNC(=O)C=CC(C)(C)N1CC2(COC2)C1. The van der Waals surface area contributed by atoms with Crippen LogP contribution in [0.5, 0.6) is 0 Å². The number of hydrogen-bond donors (Lipinski definition) is 1.